The molecule has 1 aliphatic rings. The van der Waals surface area contributed by atoms with Crippen molar-refractivity contribution < 1.29 is 4.79 Å². The van der Waals surface area contributed by atoms with Gasteiger partial charge >= 0.3 is 0 Å². The number of carbonyl (C=O) groups excluding carboxylic acids is 1. The molecular formula is C13H17BrCl2N2O. The third kappa shape index (κ3) is 3.63. The average molecular weight is 368 g/mol. The maximum atomic E-state index is 12.4. The van der Waals surface area contributed by atoms with Crippen LogP contribution in [0.2, 0.25) is 5.02 Å². The van der Waals surface area contributed by atoms with Gasteiger partial charge in [-0.3, -0.25) is 4.79 Å². The molecule has 6 heteroatoms. The number of benzene rings is 1. The fraction of sp³-hybridized carbons (Fsp3) is 0.462. The van der Waals surface area contributed by atoms with Crippen LogP contribution in [0.5, 0.6) is 0 Å². The number of hydrogen-bond donors (Lipinski definition) is 1. The minimum atomic E-state index is 0. The molecule has 1 heterocycles. The number of halogens is 3. The van der Waals surface area contributed by atoms with Gasteiger partial charge in [0.1, 0.15) is 0 Å². The predicted molar refractivity (Wildman–Crippen MR) is 84.1 cm³/mol. The number of carbonyl (C=O) groups is 1. The molecule has 1 amide bonds. The molecule has 0 bridgehead atoms. The molecular weight excluding hydrogens is 351 g/mol. The summed E-state index contributed by atoms with van der Waals surface area (Å²) in [5.74, 6) is 0.0153. The van der Waals surface area contributed by atoms with Crippen LogP contribution < -0.4 is 5.73 Å². The molecule has 1 fully saturated rings. The summed E-state index contributed by atoms with van der Waals surface area (Å²) in [7, 11) is 0. The molecule has 1 aromatic carbocycles. The maximum Gasteiger partial charge on any atom is 0.255 e. The molecule has 106 valence electrons. The third-order valence-electron chi connectivity index (χ3n) is 3.50. The lowest BCUT2D eigenvalue weighted by atomic mass is 9.90. The van der Waals surface area contributed by atoms with Gasteiger partial charge in [0.2, 0.25) is 0 Å². The summed E-state index contributed by atoms with van der Waals surface area (Å²) in [6.07, 6.45) is 0.952. The van der Waals surface area contributed by atoms with E-state index < -0.39 is 0 Å². The highest BCUT2D eigenvalue weighted by Crippen LogP contribution is 2.31. The van der Waals surface area contributed by atoms with Crippen LogP contribution >= 0.6 is 39.9 Å². The summed E-state index contributed by atoms with van der Waals surface area (Å²) in [6, 6.07) is 5.26. The largest absolute Gasteiger partial charge is 0.338 e. The molecule has 1 atom stereocenters. The highest BCUT2D eigenvalue weighted by molar-refractivity contribution is 9.10. The maximum absolute atomic E-state index is 12.4. The molecule has 0 spiro atoms. The van der Waals surface area contributed by atoms with Crippen molar-refractivity contribution in [3.05, 3.63) is 33.3 Å². The zero-order chi connectivity index (χ0) is 13.3. The summed E-state index contributed by atoms with van der Waals surface area (Å²) < 4.78 is 0.776. The molecule has 1 unspecified atom stereocenters. The van der Waals surface area contributed by atoms with Gasteiger partial charge in [0.05, 0.1) is 5.56 Å². The Labute approximate surface area is 133 Å². The monoisotopic (exact) mass is 366 g/mol. The van der Waals surface area contributed by atoms with Crippen molar-refractivity contribution in [1.82, 2.24) is 4.90 Å². The lowest BCUT2D eigenvalue weighted by Gasteiger charge is -2.23. The molecule has 1 saturated heterocycles. The Kier molecular flexibility index (Phi) is 5.68. The standard InChI is InChI=1S/C13H16BrClN2O.ClH/c1-13(7-16)4-5-17(8-13)12(18)10-6-9(15)2-3-11(10)14;/h2-3,6H,4-5,7-8,16H2,1H3;1H. The summed E-state index contributed by atoms with van der Waals surface area (Å²) in [6.45, 7) is 4.19. The van der Waals surface area contributed by atoms with E-state index >= 15 is 0 Å². The molecule has 0 aliphatic carbocycles. The van der Waals surface area contributed by atoms with Gasteiger partial charge in [0, 0.05) is 22.6 Å². The number of amides is 1. The van der Waals surface area contributed by atoms with Crippen LogP contribution in [0.3, 0.4) is 0 Å². The molecule has 3 nitrogen and oxygen atoms in total. The van der Waals surface area contributed by atoms with E-state index in [0.717, 1.165) is 17.4 Å². The molecule has 0 aromatic heterocycles. The van der Waals surface area contributed by atoms with Gasteiger partial charge < -0.3 is 10.6 Å². The normalized spacial score (nSPS) is 22.2. The first-order valence-electron chi connectivity index (χ1n) is 5.90. The van der Waals surface area contributed by atoms with Crippen molar-refractivity contribution in [1.29, 1.82) is 0 Å². The van der Waals surface area contributed by atoms with Crippen molar-refractivity contribution in [3.8, 4) is 0 Å². The van der Waals surface area contributed by atoms with E-state index in [-0.39, 0.29) is 23.7 Å². The van der Waals surface area contributed by atoms with Crippen molar-refractivity contribution in [2.24, 2.45) is 11.1 Å². The van der Waals surface area contributed by atoms with Gasteiger partial charge in [-0.25, -0.2) is 0 Å². The van der Waals surface area contributed by atoms with Crippen molar-refractivity contribution >= 4 is 45.8 Å². The molecule has 0 radical (unpaired) electrons. The Hall–Kier alpha value is -0.290. The summed E-state index contributed by atoms with van der Waals surface area (Å²) in [5, 5.41) is 0.572. The first-order valence-corrected chi connectivity index (χ1v) is 7.07. The SMILES string of the molecule is CC1(CN)CCN(C(=O)c2cc(Cl)ccc2Br)C1.Cl. The fourth-order valence-electron chi connectivity index (χ4n) is 2.20. The Morgan fingerprint density at radius 1 is 1.58 bits per heavy atom. The zero-order valence-corrected chi connectivity index (χ0v) is 13.8. The second-order valence-corrected chi connectivity index (χ2v) is 6.41. The van der Waals surface area contributed by atoms with Crippen LogP contribution in [0.1, 0.15) is 23.7 Å². The second-order valence-electron chi connectivity index (χ2n) is 5.12. The molecule has 19 heavy (non-hydrogen) atoms. The molecule has 2 N–H and O–H groups in total. The van der Waals surface area contributed by atoms with Crippen LogP contribution in [0.15, 0.2) is 22.7 Å². The van der Waals surface area contributed by atoms with E-state index in [0.29, 0.717) is 23.7 Å². The smallest absolute Gasteiger partial charge is 0.255 e. The van der Waals surface area contributed by atoms with Gasteiger partial charge in [-0.15, -0.1) is 12.4 Å². The van der Waals surface area contributed by atoms with E-state index in [1.807, 2.05) is 4.90 Å². The minimum absolute atomic E-state index is 0. The van der Waals surface area contributed by atoms with Gasteiger partial charge in [-0.1, -0.05) is 18.5 Å². The number of hydrogen-bond acceptors (Lipinski definition) is 2. The highest BCUT2D eigenvalue weighted by Gasteiger charge is 2.35. The van der Waals surface area contributed by atoms with Crippen LogP contribution in [0.4, 0.5) is 0 Å². The third-order valence-corrected chi connectivity index (χ3v) is 4.42. The van der Waals surface area contributed by atoms with Gasteiger partial charge in [-0.05, 0) is 52.5 Å². The van der Waals surface area contributed by atoms with E-state index in [9.17, 15) is 4.79 Å². The molecule has 2 rings (SSSR count). The first kappa shape index (κ1) is 16.8. The zero-order valence-electron chi connectivity index (χ0n) is 10.7. The van der Waals surface area contributed by atoms with Gasteiger partial charge in [0.25, 0.3) is 5.91 Å². The van der Waals surface area contributed by atoms with Gasteiger partial charge in [-0.2, -0.15) is 0 Å². The van der Waals surface area contributed by atoms with Crippen molar-refractivity contribution in [3.63, 3.8) is 0 Å². The van der Waals surface area contributed by atoms with Crippen LogP contribution in [0, 0.1) is 5.41 Å². The summed E-state index contributed by atoms with van der Waals surface area (Å²) in [5.41, 5.74) is 6.41. The fourth-order valence-corrected chi connectivity index (χ4v) is 2.78. The average Bonchev–Trinajstić information content (AvgIpc) is 2.75. The van der Waals surface area contributed by atoms with Crippen LogP contribution in [-0.2, 0) is 0 Å². The molecule has 1 aromatic rings. The molecule has 1 aliphatic heterocycles. The number of nitrogens with two attached hydrogens (primary N) is 1. The van der Waals surface area contributed by atoms with E-state index in [2.05, 4.69) is 22.9 Å². The molecule has 0 saturated carbocycles. The van der Waals surface area contributed by atoms with E-state index in [1.165, 1.54) is 0 Å². The second kappa shape index (κ2) is 6.44. The Morgan fingerprint density at radius 3 is 2.84 bits per heavy atom. The topological polar surface area (TPSA) is 46.3 Å². The quantitative estimate of drug-likeness (QED) is 0.871. The minimum Gasteiger partial charge on any atom is -0.338 e. The predicted octanol–water partition coefficient (Wildman–Crippen LogP) is 3.34. The van der Waals surface area contributed by atoms with Crippen LogP contribution in [0.25, 0.3) is 0 Å². The van der Waals surface area contributed by atoms with Crippen molar-refractivity contribution in [2.75, 3.05) is 19.6 Å². The lowest BCUT2D eigenvalue weighted by Crippen LogP contribution is -2.34. The lowest BCUT2D eigenvalue weighted by molar-refractivity contribution is 0.0776. The Morgan fingerprint density at radius 2 is 2.26 bits per heavy atom. The highest BCUT2D eigenvalue weighted by atomic mass is 79.9. The summed E-state index contributed by atoms with van der Waals surface area (Å²) >= 11 is 9.33. The summed E-state index contributed by atoms with van der Waals surface area (Å²) in [4.78, 5) is 14.3. The Bertz CT molecular complexity index is 484. The Balaban J connectivity index is 0.00000180. The number of rotatable bonds is 2. The number of nitrogens with zero attached hydrogens (tertiary/aromatic N) is 1. The van der Waals surface area contributed by atoms with Crippen molar-refractivity contribution in [2.45, 2.75) is 13.3 Å². The van der Waals surface area contributed by atoms with Crippen LogP contribution in [-0.4, -0.2) is 30.4 Å². The number of likely N-dealkylation sites (tertiary alicyclic amines) is 1. The van der Waals surface area contributed by atoms with Gasteiger partial charge in [0.15, 0.2) is 0 Å². The van der Waals surface area contributed by atoms with E-state index in [4.69, 9.17) is 17.3 Å². The van der Waals surface area contributed by atoms with E-state index in [1.54, 1.807) is 18.2 Å². The first-order chi connectivity index (χ1) is 8.45.